The van der Waals surface area contributed by atoms with E-state index in [1.54, 1.807) is 9.80 Å². The highest BCUT2D eigenvalue weighted by molar-refractivity contribution is 5.13. The van der Waals surface area contributed by atoms with Crippen LogP contribution in [0.15, 0.2) is 30.3 Å². The van der Waals surface area contributed by atoms with Crippen LogP contribution in [0.3, 0.4) is 0 Å². The minimum atomic E-state index is 0.879. The van der Waals surface area contributed by atoms with Crippen LogP contribution in [-0.4, -0.2) is 32.7 Å². The number of rotatable bonds is 4. The van der Waals surface area contributed by atoms with Crippen molar-refractivity contribution in [1.29, 1.82) is 0 Å². The highest BCUT2D eigenvalue weighted by Crippen LogP contribution is 1.99. The first-order chi connectivity index (χ1) is 8.29. The molecular weight excluding hydrogens is 208 g/mol. The van der Waals surface area contributed by atoms with Crippen molar-refractivity contribution >= 4 is 0 Å². The first-order valence-electron chi connectivity index (χ1n) is 6.99. The molecule has 1 heterocycles. The van der Waals surface area contributed by atoms with Crippen molar-refractivity contribution in [2.75, 3.05) is 26.7 Å². The molecule has 0 aromatic heterocycles. The molecule has 0 saturated carbocycles. The van der Waals surface area contributed by atoms with Gasteiger partial charge in [0.25, 0.3) is 0 Å². The van der Waals surface area contributed by atoms with Crippen LogP contribution in [0, 0.1) is 0 Å². The summed E-state index contributed by atoms with van der Waals surface area (Å²) in [5, 5.41) is 0. The molecule has 0 bridgehead atoms. The number of hydrogen-bond acceptors (Lipinski definition) is 0. The first kappa shape index (κ1) is 12.6. The average molecular weight is 234 g/mol. The lowest BCUT2D eigenvalue weighted by molar-refractivity contribution is -0.960. The molecule has 1 aromatic rings. The van der Waals surface area contributed by atoms with E-state index in [1.807, 2.05) is 0 Å². The van der Waals surface area contributed by atoms with Gasteiger partial charge in [-0.15, -0.1) is 0 Å². The molecule has 1 fully saturated rings. The maximum Gasteiger partial charge on any atom is 0.103 e. The average Bonchev–Trinajstić information content (AvgIpc) is 2.38. The summed E-state index contributed by atoms with van der Waals surface area (Å²) in [5.41, 5.74) is 1.48. The molecule has 17 heavy (non-hydrogen) atoms. The molecule has 0 spiro atoms. The Balaban J connectivity index is 1.92. The van der Waals surface area contributed by atoms with Crippen molar-refractivity contribution < 1.29 is 9.80 Å². The third-order valence-electron chi connectivity index (χ3n) is 4.14. The maximum absolute atomic E-state index is 2.32. The second-order valence-electron chi connectivity index (χ2n) is 5.41. The van der Waals surface area contributed by atoms with Gasteiger partial charge in [-0.1, -0.05) is 30.3 Å². The van der Waals surface area contributed by atoms with Gasteiger partial charge in [0.15, 0.2) is 0 Å². The first-order valence-corrected chi connectivity index (χ1v) is 6.99. The van der Waals surface area contributed by atoms with E-state index in [0.717, 1.165) is 6.04 Å². The standard InChI is InChI=1S/C15H24N2/c1-3-17(13-14-7-5-4-6-8-14)15-9-11-16(2)12-10-15/h4-8,15H,3,9-13H2,1-2H3/p+2. The van der Waals surface area contributed by atoms with Gasteiger partial charge in [0.05, 0.1) is 32.7 Å². The quantitative estimate of drug-likeness (QED) is 0.712. The minimum absolute atomic E-state index is 0.879. The van der Waals surface area contributed by atoms with Crippen molar-refractivity contribution in [2.24, 2.45) is 0 Å². The van der Waals surface area contributed by atoms with Gasteiger partial charge in [0.2, 0.25) is 0 Å². The lowest BCUT2D eigenvalue weighted by atomic mass is 10.0. The molecule has 0 aliphatic carbocycles. The second kappa shape index (κ2) is 6.18. The van der Waals surface area contributed by atoms with Gasteiger partial charge in [-0.3, -0.25) is 0 Å². The molecule has 94 valence electrons. The summed E-state index contributed by atoms with van der Waals surface area (Å²) < 4.78 is 0. The number of benzene rings is 1. The summed E-state index contributed by atoms with van der Waals surface area (Å²) in [5.74, 6) is 0. The Labute approximate surface area is 105 Å². The number of quaternary nitrogens is 2. The number of piperidine rings is 1. The molecule has 1 aliphatic rings. The number of likely N-dealkylation sites (tertiary alicyclic amines) is 1. The van der Waals surface area contributed by atoms with Gasteiger partial charge in [0, 0.05) is 18.4 Å². The van der Waals surface area contributed by atoms with E-state index >= 15 is 0 Å². The summed E-state index contributed by atoms with van der Waals surface area (Å²) in [7, 11) is 2.32. The topological polar surface area (TPSA) is 8.88 Å². The maximum atomic E-state index is 2.32. The van der Waals surface area contributed by atoms with Crippen LogP contribution in [0.5, 0.6) is 0 Å². The fourth-order valence-corrected chi connectivity index (χ4v) is 2.93. The molecule has 1 atom stereocenters. The lowest BCUT2D eigenvalue weighted by Gasteiger charge is -2.32. The van der Waals surface area contributed by atoms with Crippen molar-refractivity contribution in [1.82, 2.24) is 0 Å². The summed E-state index contributed by atoms with van der Waals surface area (Å²) in [4.78, 5) is 3.47. The largest absolute Gasteiger partial charge is 0.337 e. The Morgan fingerprint density at radius 3 is 2.41 bits per heavy atom. The van der Waals surface area contributed by atoms with Crippen molar-refractivity contribution in [2.45, 2.75) is 32.4 Å². The minimum Gasteiger partial charge on any atom is -0.337 e. The predicted molar refractivity (Wildman–Crippen MR) is 71.3 cm³/mol. The van der Waals surface area contributed by atoms with Crippen LogP contribution >= 0.6 is 0 Å². The second-order valence-corrected chi connectivity index (χ2v) is 5.41. The van der Waals surface area contributed by atoms with Crippen LogP contribution in [0.4, 0.5) is 0 Å². The summed E-state index contributed by atoms with van der Waals surface area (Å²) in [6.45, 7) is 7.47. The third kappa shape index (κ3) is 3.55. The van der Waals surface area contributed by atoms with E-state index < -0.39 is 0 Å². The van der Waals surface area contributed by atoms with E-state index in [9.17, 15) is 0 Å². The Hall–Kier alpha value is -0.860. The van der Waals surface area contributed by atoms with E-state index in [1.165, 1.54) is 44.6 Å². The zero-order chi connectivity index (χ0) is 12.1. The Morgan fingerprint density at radius 1 is 1.18 bits per heavy atom. The molecular formula is C15H26N2+2. The monoisotopic (exact) mass is 234 g/mol. The van der Waals surface area contributed by atoms with Gasteiger partial charge >= 0.3 is 0 Å². The van der Waals surface area contributed by atoms with E-state index in [2.05, 4.69) is 44.3 Å². The van der Waals surface area contributed by atoms with Crippen LogP contribution in [0.25, 0.3) is 0 Å². The van der Waals surface area contributed by atoms with Crippen molar-refractivity contribution in [3.05, 3.63) is 35.9 Å². The Morgan fingerprint density at radius 2 is 1.82 bits per heavy atom. The SMILES string of the molecule is CC[NH+](Cc1ccccc1)C1CC[NH+](C)CC1. The fourth-order valence-electron chi connectivity index (χ4n) is 2.93. The summed E-state index contributed by atoms with van der Waals surface area (Å²) >= 11 is 0. The smallest absolute Gasteiger partial charge is 0.103 e. The molecule has 2 N–H and O–H groups in total. The van der Waals surface area contributed by atoms with Crippen LogP contribution < -0.4 is 9.80 Å². The Kier molecular flexibility index (Phi) is 4.57. The number of nitrogens with one attached hydrogen (secondary N) is 2. The van der Waals surface area contributed by atoms with Crippen molar-refractivity contribution in [3.63, 3.8) is 0 Å². The molecule has 1 unspecified atom stereocenters. The van der Waals surface area contributed by atoms with Gasteiger partial charge in [0.1, 0.15) is 6.54 Å². The normalized spacial score (nSPS) is 26.7. The van der Waals surface area contributed by atoms with Crippen molar-refractivity contribution in [3.8, 4) is 0 Å². The molecule has 2 rings (SSSR count). The fraction of sp³-hybridized carbons (Fsp3) is 0.600. The van der Waals surface area contributed by atoms with Crippen LogP contribution in [0.1, 0.15) is 25.3 Å². The van der Waals surface area contributed by atoms with Crippen LogP contribution in [-0.2, 0) is 6.54 Å². The lowest BCUT2D eigenvalue weighted by Crippen LogP contribution is -3.18. The molecule has 0 radical (unpaired) electrons. The molecule has 1 aromatic carbocycles. The predicted octanol–water partition coefficient (Wildman–Crippen LogP) is -0.231. The molecule has 1 saturated heterocycles. The van der Waals surface area contributed by atoms with Gasteiger partial charge in [-0.25, -0.2) is 0 Å². The molecule has 0 amide bonds. The molecule has 2 heteroatoms. The molecule has 2 nitrogen and oxygen atoms in total. The zero-order valence-corrected chi connectivity index (χ0v) is 11.2. The third-order valence-corrected chi connectivity index (χ3v) is 4.14. The highest BCUT2D eigenvalue weighted by atomic mass is 15.2. The van der Waals surface area contributed by atoms with Gasteiger partial charge in [-0.05, 0) is 6.92 Å². The van der Waals surface area contributed by atoms with E-state index in [-0.39, 0.29) is 0 Å². The molecule has 1 aliphatic heterocycles. The van der Waals surface area contributed by atoms with E-state index in [4.69, 9.17) is 0 Å². The summed E-state index contributed by atoms with van der Waals surface area (Å²) in [6.07, 6.45) is 2.78. The van der Waals surface area contributed by atoms with Crippen LogP contribution in [0.2, 0.25) is 0 Å². The van der Waals surface area contributed by atoms with E-state index in [0.29, 0.717) is 0 Å². The van der Waals surface area contributed by atoms with Gasteiger partial charge in [-0.2, -0.15) is 0 Å². The zero-order valence-electron chi connectivity index (χ0n) is 11.2. The highest BCUT2D eigenvalue weighted by Gasteiger charge is 2.27. The van der Waals surface area contributed by atoms with Gasteiger partial charge < -0.3 is 9.80 Å². The number of hydrogen-bond donors (Lipinski definition) is 2. The Bertz CT molecular complexity index is 315. The summed E-state index contributed by atoms with van der Waals surface area (Å²) in [6, 6.07) is 11.8.